The first-order valence-electron chi connectivity index (χ1n) is 13.1. The standard InChI is InChI=1S/C27H32F3N7O2S/c1-17(2)14-34-9-10-35(40(38,39)27-19(4)32-36(33-27)16-26(29)30)15-25(34)23-12-20-13-31-37(24(20)11-18(23)3)22-7-5-21(28)6-8-22/h5-8,11-13,17,25-26H,9-10,14-16H2,1-4H3/t25-/m0/s1. The minimum Gasteiger partial charge on any atom is -0.293 e. The molecule has 13 heteroatoms. The van der Waals surface area contributed by atoms with Gasteiger partial charge in [0, 0.05) is 37.6 Å². The van der Waals surface area contributed by atoms with Crippen molar-refractivity contribution in [3.63, 3.8) is 0 Å². The molecule has 3 heterocycles. The number of sulfonamides is 1. The molecule has 40 heavy (non-hydrogen) atoms. The second-order valence-corrected chi connectivity index (χ2v) is 12.5. The predicted octanol–water partition coefficient (Wildman–Crippen LogP) is 4.34. The van der Waals surface area contributed by atoms with Crippen molar-refractivity contribution in [3.8, 4) is 5.69 Å². The van der Waals surface area contributed by atoms with Crippen molar-refractivity contribution in [1.82, 2.24) is 34.0 Å². The van der Waals surface area contributed by atoms with Gasteiger partial charge in [0.15, 0.2) is 0 Å². The summed E-state index contributed by atoms with van der Waals surface area (Å²) in [4.78, 5) is 3.03. The lowest BCUT2D eigenvalue weighted by molar-refractivity contribution is 0.104. The van der Waals surface area contributed by atoms with Gasteiger partial charge in [-0.1, -0.05) is 13.8 Å². The Hall–Kier alpha value is -3.29. The summed E-state index contributed by atoms with van der Waals surface area (Å²) in [6, 6.07) is 9.91. The summed E-state index contributed by atoms with van der Waals surface area (Å²) in [5.74, 6) is 0.0277. The predicted molar refractivity (Wildman–Crippen MR) is 144 cm³/mol. The number of aromatic nitrogens is 5. The number of halogens is 3. The monoisotopic (exact) mass is 575 g/mol. The lowest BCUT2D eigenvalue weighted by Crippen LogP contribution is -2.51. The van der Waals surface area contributed by atoms with Gasteiger partial charge in [0.25, 0.3) is 16.4 Å². The van der Waals surface area contributed by atoms with Crippen LogP contribution in [0.15, 0.2) is 47.6 Å². The van der Waals surface area contributed by atoms with E-state index in [-0.39, 0.29) is 35.7 Å². The van der Waals surface area contributed by atoms with Crippen molar-refractivity contribution < 1.29 is 21.6 Å². The third kappa shape index (κ3) is 5.50. The van der Waals surface area contributed by atoms with E-state index in [0.29, 0.717) is 12.5 Å². The average molecular weight is 576 g/mol. The van der Waals surface area contributed by atoms with E-state index >= 15 is 0 Å². The van der Waals surface area contributed by atoms with Gasteiger partial charge >= 0.3 is 0 Å². The number of benzene rings is 2. The summed E-state index contributed by atoms with van der Waals surface area (Å²) in [6.07, 6.45) is -0.951. The summed E-state index contributed by atoms with van der Waals surface area (Å²) in [6.45, 7) is 8.61. The lowest BCUT2D eigenvalue weighted by atomic mass is 9.96. The largest absolute Gasteiger partial charge is 0.293 e. The van der Waals surface area contributed by atoms with E-state index in [2.05, 4.69) is 34.0 Å². The molecule has 1 aliphatic heterocycles. The summed E-state index contributed by atoms with van der Waals surface area (Å²) >= 11 is 0. The second-order valence-electron chi connectivity index (χ2n) is 10.6. The van der Waals surface area contributed by atoms with Crippen LogP contribution in [0.5, 0.6) is 0 Å². The van der Waals surface area contributed by atoms with E-state index in [4.69, 9.17) is 0 Å². The maximum Gasteiger partial charge on any atom is 0.264 e. The van der Waals surface area contributed by atoms with Crippen molar-refractivity contribution in [2.45, 2.75) is 51.7 Å². The third-order valence-corrected chi connectivity index (χ3v) is 8.98. The Morgan fingerprint density at radius 2 is 1.75 bits per heavy atom. The number of alkyl halides is 2. The molecule has 0 radical (unpaired) electrons. The molecule has 0 saturated carbocycles. The van der Waals surface area contributed by atoms with E-state index in [1.54, 1.807) is 23.0 Å². The Morgan fingerprint density at radius 3 is 2.42 bits per heavy atom. The number of nitrogens with zero attached hydrogens (tertiary/aromatic N) is 7. The SMILES string of the molecule is Cc1cc2c(cnn2-c2ccc(F)cc2)cc1[C@@H]1CN(S(=O)(=O)c2nn(CC(F)F)nc2C)CCN1CC(C)C. The maximum absolute atomic E-state index is 13.7. The van der Waals surface area contributed by atoms with Crippen LogP contribution < -0.4 is 0 Å². The molecule has 214 valence electrons. The summed E-state index contributed by atoms with van der Waals surface area (Å²) < 4.78 is 69.7. The highest BCUT2D eigenvalue weighted by molar-refractivity contribution is 7.89. The Kier molecular flexibility index (Phi) is 7.73. The zero-order valence-corrected chi connectivity index (χ0v) is 23.6. The normalized spacial score (nSPS) is 17.5. The Balaban J connectivity index is 1.51. The summed E-state index contributed by atoms with van der Waals surface area (Å²) in [5, 5.41) is 12.9. The minimum atomic E-state index is -4.07. The number of fused-ring (bicyclic) bond motifs is 1. The second kappa shape index (κ2) is 10.9. The molecule has 0 spiro atoms. The fourth-order valence-electron chi connectivity index (χ4n) is 5.32. The number of rotatable bonds is 8. The molecule has 5 rings (SSSR count). The van der Waals surface area contributed by atoms with Gasteiger partial charge in [0.05, 0.1) is 17.4 Å². The van der Waals surface area contributed by atoms with E-state index in [1.165, 1.54) is 23.4 Å². The first-order chi connectivity index (χ1) is 18.9. The molecule has 0 amide bonds. The van der Waals surface area contributed by atoms with Crippen LogP contribution >= 0.6 is 0 Å². The minimum absolute atomic E-state index is 0.0904. The topological polar surface area (TPSA) is 89.2 Å². The number of aryl methyl sites for hydroxylation is 2. The van der Waals surface area contributed by atoms with Crippen LogP contribution in [0.1, 0.15) is 36.7 Å². The molecule has 9 nitrogen and oxygen atoms in total. The summed E-state index contributed by atoms with van der Waals surface area (Å²) in [7, 11) is -4.07. The molecule has 0 unspecified atom stereocenters. The Bertz CT molecular complexity index is 1620. The quantitative estimate of drug-likeness (QED) is 0.311. The van der Waals surface area contributed by atoms with Crippen LogP contribution in [-0.4, -0.2) is 75.0 Å². The molecule has 1 fully saturated rings. The lowest BCUT2D eigenvalue weighted by Gasteiger charge is -2.42. The smallest absolute Gasteiger partial charge is 0.264 e. The molecular formula is C27H32F3N7O2S. The molecule has 1 aliphatic rings. The highest BCUT2D eigenvalue weighted by Crippen LogP contribution is 2.34. The fraction of sp³-hybridized carbons (Fsp3) is 0.444. The van der Waals surface area contributed by atoms with Crippen LogP contribution in [-0.2, 0) is 16.6 Å². The zero-order valence-electron chi connectivity index (χ0n) is 22.8. The highest BCUT2D eigenvalue weighted by atomic mass is 32.2. The van der Waals surface area contributed by atoms with Crippen LogP contribution in [0.3, 0.4) is 0 Å². The van der Waals surface area contributed by atoms with Crippen molar-refractivity contribution >= 4 is 20.9 Å². The van der Waals surface area contributed by atoms with Crippen molar-refractivity contribution in [3.05, 3.63) is 65.2 Å². The van der Waals surface area contributed by atoms with Crippen molar-refractivity contribution in [1.29, 1.82) is 0 Å². The van der Waals surface area contributed by atoms with Gasteiger partial charge in [-0.05, 0) is 67.3 Å². The number of hydrogen-bond donors (Lipinski definition) is 0. The van der Waals surface area contributed by atoms with Crippen molar-refractivity contribution in [2.75, 3.05) is 26.2 Å². The maximum atomic E-state index is 13.7. The van der Waals surface area contributed by atoms with Crippen LogP contribution in [0.2, 0.25) is 0 Å². The van der Waals surface area contributed by atoms with E-state index in [1.807, 2.05) is 19.1 Å². The molecule has 0 bridgehead atoms. The molecule has 0 N–H and O–H groups in total. The fourth-order valence-corrected chi connectivity index (χ4v) is 6.84. The van der Waals surface area contributed by atoms with Gasteiger partial charge in [-0.25, -0.2) is 26.3 Å². The summed E-state index contributed by atoms with van der Waals surface area (Å²) in [5.41, 5.74) is 3.62. The van der Waals surface area contributed by atoms with Crippen LogP contribution in [0.25, 0.3) is 16.6 Å². The average Bonchev–Trinajstić information content (AvgIpc) is 3.46. The van der Waals surface area contributed by atoms with Gasteiger partial charge in [-0.15, -0.1) is 5.10 Å². The van der Waals surface area contributed by atoms with Gasteiger partial charge in [0.1, 0.15) is 18.1 Å². The molecule has 1 saturated heterocycles. The van der Waals surface area contributed by atoms with Gasteiger partial charge < -0.3 is 0 Å². The Labute approximate surface area is 231 Å². The number of hydrogen-bond acceptors (Lipinski definition) is 6. The molecule has 2 aromatic heterocycles. The van der Waals surface area contributed by atoms with Crippen molar-refractivity contribution in [2.24, 2.45) is 5.92 Å². The Morgan fingerprint density at radius 1 is 1.02 bits per heavy atom. The third-order valence-electron chi connectivity index (χ3n) is 7.11. The first kappa shape index (κ1) is 28.2. The van der Waals surface area contributed by atoms with Gasteiger partial charge in [-0.2, -0.15) is 19.3 Å². The van der Waals surface area contributed by atoms with E-state index in [0.717, 1.165) is 39.1 Å². The highest BCUT2D eigenvalue weighted by Gasteiger charge is 2.38. The molecule has 2 aromatic carbocycles. The number of piperazine rings is 1. The van der Waals surface area contributed by atoms with Crippen LogP contribution in [0.4, 0.5) is 13.2 Å². The zero-order chi connectivity index (χ0) is 28.8. The van der Waals surface area contributed by atoms with E-state index < -0.39 is 23.0 Å². The van der Waals surface area contributed by atoms with Crippen LogP contribution in [0, 0.1) is 25.6 Å². The molecule has 1 atom stereocenters. The molecule has 4 aromatic rings. The molecular weight excluding hydrogens is 543 g/mol. The molecule has 0 aliphatic carbocycles. The van der Waals surface area contributed by atoms with Gasteiger partial charge in [-0.3, -0.25) is 4.90 Å². The van der Waals surface area contributed by atoms with Gasteiger partial charge in [0.2, 0.25) is 5.03 Å². The first-order valence-corrected chi connectivity index (χ1v) is 14.6. The van der Waals surface area contributed by atoms with E-state index in [9.17, 15) is 21.6 Å².